The quantitative estimate of drug-likeness (QED) is 0.623. The summed E-state index contributed by atoms with van der Waals surface area (Å²) in [6.07, 6.45) is -5.93. The van der Waals surface area contributed by atoms with Crippen molar-refractivity contribution in [2.45, 2.75) is 30.9 Å². The van der Waals surface area contributed by atoms with Crippen molar-refractivity contribution in [1.82, 2.24) is 0 Å². The van der Waals surface area contributed by atoms with Crippen molar-refractivity contribution in [3.05, 3.63) is 35.9 Å². The number of carbonyl (C=O) groups is 1. The molecule has 0 amide bonds. The first-order valence-electron chi connectivity index (χ1n) is 6.40. The third-order valence-corrected chi connectivity index (χ3v) is 3.81. The molecule has 0 aliphatic carbocycles. The van der Waals surface area contributed by atoms with Crippen molar-refractivity contribution in [3.63, 3.8) is 0 Å². The molecule has 0 saturated carbocycles. The number of rotatable bonds is 8. The van der Waals surface area contributed by atoms with Crippen LogP contribution in [0.25, 0.3) is 0 Å². The Morgan fingerprint density at radius 1 is 1.14 bits per heavy atom. The molecule has 0 radical (unpaired) electrons. The van der Waals surface area contributed by atoms with Crippen molar-refractivity contribution in [3.8, 4) is 0 Å². The van der Waals surface area contributed by atoms with Crippen LogP contribution in [-0.2, 0) is 0 Å². The highest BCUT2D eigenvalue weighted by atomic mass is 32.2. The summed E-state index contributed by atoms with van der Waals surface area (Å²) in [6.45, 7) is -1.45. The highest BCUT2D eigenvalue weighted by Gasteiger charge is 2.60. The predicted octanol–water partition coefficient (Wildman–Crippen LogP) is 4.92. The van der Waals surface area contributed by atoms with Gasteiger partial charge in [0.2, 0.25) is 5.12 Å². The molecule has 1 unspecified atom stereocenters. The van der Waals surface area contributed by atoms with E-state index >= 15 is 0 Å². The Hall–Kier alpha value is -1.18. The third-order valence-electron chi connectivity index (χ3n) is 2.90. The van der Waals surface area contributed by atoms with E-state index < -0.39 is 48.4 Å². The van der Waals surface area contributed by atoms with E-state index in [1.807, 2.05) is 0 Å². The smallest absolute Gasteiger partial charge is 0.282 e. The fourth-order valence-corrected chi connectivity index (χ4v) is 2.45. The molecule has 1 rings (SSSR count). The fraction of sp³-hybridized carbons (Fsp3) is 0.500. The van der Waals surface area contributed by atoms with Crippen molar-refractivity contribution >= 4 is 16.9 Å². The van der Waals surface area contributed by atoms with Crippen LogP contribution in [0.5, 0.6) is 0 Å². The van der Waals surface area contributed by atoms with Gasteiger partial charge in [0, 0.05) is 24.2 Å². The molecule has 1 atom stereocenters. The predicted molar refractivity (Wildman–Crippen MR) is 73.2 cm³/mol. The molecule has 1 nitrogen and oxygen atoms in total. The van der Waals surface area contributed by atoms with Crippen LogP contribution in [-0.4, -0.2) is 35.6 Å². The highest BCUT2D eigenvalue weighted by Crippen LogP contribution is 2.42. The summed E-state index contributed by atoms with van der Waals surface area (Å²) in [4.78, 5) is 11.6. The Morgan fingerprint density at radius 3 is 2.27 bits per heavy atom. The highest BCUT2D eigenvalue weighted by molar-refractivity contribution is 8.14. The Labute approximate surface area is 128 Å². The fourth-order valence-electron chi connectivity index (χ4n) is 1.60. The molecule has 0 saturated heterocycles. The second-order valence-electron chi connectivity index (χ2n) is 4.52. The van der Waals surface area contributed by atoms with Gasteiger partial charge in [-0.15, -0.1) is 0 Å². The van der Waals surface area contributed by atoms with Gasteiger partial charge >= 0.3 is 11.8 Å². The number of thioether (sulfide) groups is 1. The number of hydrogen-bond donors (Lipinski definition) is 0. The van der Waals surface area contributed by atoms with Crippen molar-refractivity contribution < 1.29 is 31.1 Å². The second kappa shape index (κ2) is 7.89. The molecular weight excluding hydrogens is 330 g/mol. The van der Waals surface area contributed by atoms with Gasteiger partial charge < -0.3 is 0 Å². The largest absolute Gasteiger partial charge is 0.340 e. The normalized spacial score (nSPS) is 13.9. The molecule has 0 aliphatic heterocycles. The lowest BCUT2D eigenvalue weighted by Crippen LogP contribution is -2.48. The van der Waals surface area contributed by atoms with Crippen LogP contribution in [0.15, 0.2) is 30.3 Å². The van der Waals surface area contributed by atoms with Gasteiger partial charge in [-0.05, 0) is 0 Å². The zero-order chi connectivity index (χ0) is 16.8. The van der Waals surface area contributed by atoms with Crippen LogP contribution in [0.2, 0.25) is 0 Å². The van der Waals surface area contributed by atoms with E-state index in [2.05, 4.69) is 0 Å². The van der Waals surface area contributed by atoms with Crippen molar-refractivity contribution in [1.29, 1.82) is 0 Å². The molecule has 124 valence electrons. The lowest BCUT2D eigenvalue weighted by Gasteiger charge is -2.28. The summed E-state index contributed by atoms with van der Waals surface area (Å²) in [7, 11) is 0. The zero-order valence-corrected chi connectivity index (χ0v) is 12.2. The maximum Gasteiger partial charge on any atom is 0.340 e. The van der Waals surface area contributed by atoms with Gasteiger partial charge in [-0.25, -0.2) is 4.39 Å². The van der Waals surface area contributed by atoms with E-state index in [0.29, 0.717) is 11.8 Å². The third kappa shape index (κ3) is 4.66. The van der Waals surface area contributed by atoms with E-state index in [4.69, 9.17) is 0 Å². The molecular formula is C14H14F6OS. The first kappa shape index (κ1) is 18.9. The van der Waals surface area contributed by atoms with Crippen LogP contribution < -0.4 is 0 Å². The molecule has 0 fully saturated rings. The number of hydrogen-bond acceptors (Lipinski definition) is 2. The van der Waals surface area contributed by atoms with Crippen LogP contribution >= 0.6 is 11.8 Å². The standard InChI is InChI=1S/C14H14F6OS/c15-8-6-11(16)14(19,20)13(17,18)7-9-22-12(21)10-4-2-1-3-5-10/h1-5,11H,6-9H2. The number of benzene rings is 1. The minimum absolute atomic E-state index is 0.253. The minimum Gasteiger partial charge on any atom is -0.282 e. The molecule has 22 heavy (non-hydrogen) atoms. The molecule has 1 aromatic rings. The summed E-state index contributed by atoms with van der Waals surface area (Å²) in [5.74, 6) is -10.2. The van der Waals surface area contributed by atoms with E-state index in [-0.39, 0.29) is 5.56 Å². The van der Waals surface area contributed by atoms with Gasteiger partial charge in [0.1, 0.15) is 0 Å². The van der Waals surface area contributed by atoms with Gasteiger partial charge in [-0.2, -0.15) is 17.6 Å². The maximum absolute atomic E-state index is 13.4. The Balaban J connectivity index is 2.57. The molecule has 0 aromatic heterocycles. The van der Waals surface area contributed by atoms with Gasteiger partial charge in [0.25, 0.3) is 0 Å². The summed E-state index contributed by atoms with van der Waals surface area (Å²) in [6, 6.07) is 7.71. The summed E-state index contributed by atoms with van der Waals surface area (Å²) < 4.78 is 78.1. The molecule has 0 N–H and O–H groups in total. The minimum atomic E-state index is -4.96. The Bertz CT molecular complexity index is 479. The Morgan fingerprint density at radius 2 is 1.73 bits per heavy atom. The van der Waals surface area contributed by atoms with Crippen molar-refractivity contribution in [2.24, 2.45) is 0 Å². The lowest BCUT2D eigenvalue weighted by molar-refractivity contribution is -0.240. The molecule has 0 heterocycles. The van der Waals surface area contributed by atoms with Crippen LogP contribution in [0.3, 0.4) is 0 Å². The molecule has 8 heteroatoms. The van der Waals surface area contributed by atoms with Gasteiger partial charge in [0.15, 0.2) is 6.17 Å². The van der Waals surface area contributed by atoms with Crippen LogP contribution in [0, 0.1) is 0 Å². The molecule has 0 aliphatic rings. The van der Waals surface area contributed by atoms with Crippen LogP contribution in [0.4, 0.5) is 26.3 Å². The number of carbonyl (C=O) groups excluding carboxylic acids is 1. The van der Waals surface area contributed by atoms with Gasteiger partial charge in [0.05, 0.1) is 6.67 Å². The first-order chi connectivity index (χ1) is 10.2. The average molecular weight is 344 g/mol. The average Bonchev–Trinajstić information content (AvgIpc) is 2.47. The van der Waals surface area contributed by atoms with Gasteiger partial charge in [-0.3, -0.25) is 9.18 Å². The van der Waals surface area contributed by atoms with Gasteiger partial charge in [-0.1, -0.05) is 42.1 Å². The monoisotopic (exact) mass is 344 g/mol. The summed E-state index contributed by atoms with van der Waals surface area (Å²) >= 11 is 0.449. The van der Waals surface area contributed by atoms with E-state index in [0.717, 1.165) is 0 Å². The van der Waals surface area contributed by atoms with Crippen molar-refractivity contribution in [2.75, 3.05) is 12.4 Å². The summed E-state index contributed by atoms with van der Waals surface area (Å²) in [5.41, 5.74) is 0.253. The number of halogens is 6. The lowest BCUT2D eigenvalue weighted by atomic mass is 10.0. The topological polar surface area (TPSA) is 17.1 Å². The SMILES string of the molecule is O=C(SCCC(F)(F)C(F)(F)C(F)CCF)c1ccccc1. The molecule has 0 spiro atoms. The maximum atomic E-state index is 13.4. The Kier molecular flexibility index (Phi) is 6.77. The molecule has 0 bridgehead atoms. The number of alkyl halides is 6. The second-order valence-corrected chi connectivity index (χ2v) is 5.59. The zero-order valence-electron chi connectivity index (χ0n) is 11.4. The molecule has 1 aromatic carbocycles. The summed E-state index contributed by atoms with van der Waals surface area (Å²) in [5, 5.41) is -0.541. The first-order valence-corrected chi connectivity index (χ1v) is 7.39. The van der Waals surface area contributed by atoms with E-state index in [9.17, 15) is 31.1 Å². The van der Waals surface area contributed by atoms with E-state index in [1.165, 1.54) is 12.1 Å². The van der Waals surface area contributed by atoms with Crippen LogP contribution in [0.1, 0.15) is 23.2 Å². The van der Waals surface area contributed by atoms with E-state index in [1.54, 1.807) is 18.2 Å².